The zero-order valence-electron chi connectivity index (χ0n) is 13.9. The molecule has 24 heavy (non-hydrogen) atoms. The standard InChI is InChI=1S/C17H22Cl2N2O3/c1-3-24-17(23)21-8-6-12(7-9-21)16(22)20-11(2)13-4-5-14(18)15(19)10-13/h4-5,10-12H,3,6-9H2,1-2H3,(H,20,22). The maximum absolute atomic E-state index is 12.4. The lowest BCUT2D eigenvalue weighted by molar-refractivity contribution is -0.127. The van der Waals surface area contributed by atoms with Gasteiger partial charge in [-0.2, -0.15) is 0 Å². The van der Waals surface area contributed by atoms with E-state index < -0.39 is 0 Å². The minimum atomic E-state index is -0.305. The summed E-state index contributed by atoms with van der Waals surface area (Å²) >= 11 is 11.9. The van der Waals surface area contributed by atoms with E-state index in [1.54, 1.807) is 24.0 Å². The molecule has 0 bridgehead atoms. The molecule has 1 aliphatic heterocycles. The van der Waals surface area contributed by atoms with E-state index in [1.165, 1.54) is 0 Å². The number of hydrogen-bond acceptors (Lipinski definition) is 3. The molecule has 1 atom stereocenters. The number of benzene rings is 1. The maximum Gasteiger partial charge on any atom is 0.409 e. The normalized spacial score (nSPS) is 16.6. The molecule has 2 amide bonds. The molecule has 1 aliphatic rings. The Hall–Kier alpha value is -1.46. The summed E-state index contributed by atoms with van der Waals surface area (Å²) in [6.45, 7) is 5.13. The van der Waals surface area contributed by atoms with Crippen LogP contribution in [0, 0.1) is 5.92 Å². The second-order valence-corrected chi connectivity index (χ2v) is 6.68. The van der Waals surface area contributed by atoms with Crippen molar-refractivity contribution >= 4 is 35.2 Å². The molecule has 1 N–H and O–H groups in total. The third-order valence-electron chi connectivity index (χ3n) is 4.19. The van der Waals surface area contributed by atoms with E-state index in [0.717, 1.165) is 5.56 Å². The SMILES string of the molecule is CCOC(=O)N1CCC(C(=O)NC(C)c2ccc(Cl)c(Cl)c2)CC1. The number of ether oxygens (including phenoxy) is 1. The highest BCUT2D eigenvalue weighted by Crippen LogP contribution is 2.26. The number of nitrogens with one attached hydrogen (secondary N) is 1. The van der Waals surface area contributed by atoms with Gasteiger partial charge in [-0.15, -0.1) is 0 Å². The molecule has 2 rings (SSSR count). The average Bonchev–Trinajstić information content (AvgIpc) is 2.57. The van der Waals surface area contributed by atoms with Crippen LogP contribution in [0.15, 0.2) is 18.2 Å². The van der Waals surface area contributed by atoms with Gasteiger partial charge in [0.25, 0.3) is 0 Å². The molecule has 0 aromatic heterocycles. The third kappa shape index (κ3) is 4.77. The van der Waals surface area contributed by atoms with Crippen LogP contribution in [-0.2, 0) is 9.53 Å². The van der Waals surface area contributed by atoms with Gasteiger partial charge in [-0.1, -0.05) is 29.3 Å². The summed E-state index contributed by atoms with van der Waals surface area (Å²) in [7, 11) is 0. The Balaban J connectivity index is 1.87. The number of nitrogens with zero attached hydrogens (tertiary/aromatic N) is 1. The molecule has 1 fully saturated rings. The van der Waals surface area contributed by atoms with Gasteiger partial charge in [0.15, 0.2) is 0 Å². The summed E-state index contributed by atoms with van der Waals surface area (Å²) in [6.07, 6.45) is 0.970. The van der Waals surface area contributed by atoms with E-state index in [0.29, 0.717) is 42.6 Å². The Morgan fingerprint density at radius 2 is 1.96 bits per heavy atom. The van der Waals surface area contributed by atoms with Gasteiger partial charge in [-0.25, -0.2) is 4.79 Å². The minimum absolute atomic E-state index is 0.00270. The van der Waals surface area contributed by atoms with Crippen LogP contribution in [0.5, 0.6) is 0 Å². The fourth-order valence-corrected chi connectivity index (χ4v) is 3.04. The number of rotatable bonds is 4. The highest BCUT2D eigenvalue weighted by Gasteiger charge is 2.28. The van der Waals surface area contributed by atoms with Gasteiger partial charge in [-0.3, -0.25) is 4.79 Å². The van der Waals surface area contributed by atoms with Crippen LogP contribution in [0.25, 0.3) is 0 Å². The summed E-state index contributed by atoms with van der Waals surface area (Å²) in [5.74, 6) is -0.0991. The monoisotopic (exact) mass is 372 g/mol. The van der Waals surface area contributed by atoms with Crippen LogP contribution in [0.2, 0.25) is 10.0 Å². The van der Waals surface area contributed by atoms with E-state index in [1.807, 2.05) is 13.0 Å². The van der Waals surface area contributed by atoms with Gasteiger partial charge in [0.2, 0.25) is 5.91 Å². The van der Waals surface area contributed by atoms with Crippen molar-refractivity contribution in [3.8, 4) is 0 Å². The molecule has 0 saturated carbocycles. The first-order valence-corrected chi connectivity index (χ1v) is 8.85. The number of piperidine rings is 1. The lowest BCUT2D eigenvalue weighted by Crippen LogP contribution is -2.43. The van der Waals surface area contributed by atoms with E-state index >= 15 is 0 Å². The molecule has 132 valence electrons. The number of halogens is 2. The lowest BCUT2D eigenvalue weighted by atomic mass is 9.95. The van der Waals surface area contributed by atoms with Crippen LogP contribution in [-0.4, -0.2) is 36.6 Å². The Morgan fingerprint density at radius 1 is 1.29 bits per heavy atom. The fourth-order valence-electron chi connectivity index (χ4n) is 2.74. The van der Waals surface area contributed by atoms with Crippen LogP contribution in [0.4, 0.5) is 4.79 Å². The Morgan fingerprint density at radius 3 is 2.54 bits per heavy atom. The molecule has 1 heterocycles. The molecule has 0 aliphatic carbocycles. The molecular formula is C17H22Cl2N2O3. The average molecular weight is 373 g/mol. The van der Waals surface area contributed by atoms with E-state index in [4.69, 9.17) is 27.9 Å². The first-order chi connectivity index (χ1) is 11.4. The first-order valence-electron chi connectivity index (χ1n) is 8.09. The van der Waals surface area contributed by atoms with Crippen LogP contribution in [0.3, 0.4) is 0 Å². The molecule has 1 aromatic carbocycles. The Bertz CT molecular complexity index is 601. The highest BCUT2D eigenvalue weighted by atomic mass is 35.5. The number of hydrogen-bond donors (Lipinski definition) is 1. The largest absolute Gasteiger partial charge is 0.450 e. The number of carbonyl (C=O) groups excluding carboxylic acids is 2. The maximum atomic E-state index is 12.4. The van der Waals surface area contributed by atoms with Crippen molar-refractivity contribution < 1.29 is 14.3 Å². The molecule has 1 saturated heterocycles. The predicted octanol–water partition coefficient (Wildman–Crippen LogP) is 4.04. The number of carbonyl (C=O) groups is 2. The number of likely N-dealkylation sites (tertiary alicyclic amines) is 1. The van der Waals surface area contributed by atoms with Crippen molar-refractivity contribution in [3.63, 3.8) is 0 Å². The van der Waals surface area contributed by atoms with Crippen molar-refractivity contribution in [1.82, 2.24) is 10.2 Å². The summed E-state index contributed by atoms with van der Waals surface area (Å²) in [5.41, 5.74) is 0.904. The van der Waals surface area contributed by atoms with E-state index in [2.05, 4.69) is 5.32 Å². The van der Waals surface area contributed by atoms with Gasteiger partial charge in [0, 0.05) is 19.0 Å². The fraction of sp³-hybridized carbons (Fsp3) is 0.529. The Kier molecular flexibility index (Phi) is 6.75. The first kappa shape index (κ1) is 18.9. The lowest BCUT2D eigenvalue weighted by Gasteiger charge is -2.31. The predicted molar refractivity (Wildman–Crippen MR) is 94.3 cm³/mol. The van der Waals surface area contributed by atoms with Gasteiger partial charge >= 0.3 is 6.09 Å². The van der Waals surface area contributed by atoms with Crippen molar-refractivity contribution in [3.05, 3.63) is 33.8 Å². The summed E-state index contributed by atoms with van der Waals surface area (Å²) in [4.78, 5) is 25.8. The van der Waals surface area contributed by atoms with Crippen molar-refractivity contribution in [2.75, 3.05) is 19.7 Å². The quantitative estimate of drug-likeness (QED) is 0.867. The summed E-state index contributed by atoms with van der Waals surface area (Å²) in [6, 6.07) is 5.18. The van der Waals surface area contributed by atoms with Gasteiger partial charge < -0.3 is 15.0 Å². The van der Waals surface area contributed by atoms with Crippen molar-refractivity contribution in [2.45, 2.75) is 32.7 Å². The van der Waals surface area contributed by atoms with Crippen LogP contribution in [0.1, 0.15) is 38.3 Å². The molecule has 1 unspecified atom stereocenters. The van der Waals surface area contributed by atoms with Crippen LogP contribution >= 0.6 is 23.2 Å². The smallest absolute Gasteiger partial charge is 0.409 e. The van der Waals surface area contributed by atoms with Gasteiger partial charge in [0.1, 0.15) is 0 Å². The van der Waals surface area contributed by atoms with Gasteiger partial charge in [0.05, 0.1) is 22.7 Å². The van der Waals surface area contributed by atoms with Crippen molar-refractivity contribution in [1.29, 1.82) is 0 Å². The molecule has 0 radical (unpaired) electrons. The second kappa shape index (κ2) is 8.58. The summed E-state index contributed by atoms with van der Waals surface area (Å²) in [5, 5.41) is 3.97. The topological polar surface area (TPSA) is 58.6 Å². The second-order valence-electron chi connectivity index (χ2n) is 5.86. The zero-order valence-corrected chi connectivity index (χ0v) is 15.4. The highest BCUT2D eigenvalue weighted by molar-refractivity contribution is 6.42. The van der Waals surface area contributed by atoms with Gasteiger partial charge in [-0.05, 0) is 44.4 Å². The zero-order chi connectivity index (χ0) is 17.7. The van der Waals surface area contributed by atoms with Crippen LogP contribution < -0.4 is 5.32 Å². The third-order valence-corrected chi connectivity index (χ3v) is 4.93. The van der Waals surface area contributed by atoms with E-state index in [9.17, 15) is 9.59 Å². The van der Waals surface area contributed by atoms with Crippen molar-refractivity contribution in [2.24, 2.45) is 5.92 Å². The Labute approximate surface area is 152 Å². The molecular weight excluding hydrogens is 351 g/mol. The summed E-state index contributed by atoms with van der Waals surface area (Å²) < 4.78 is 4.98. The molecule has 1 aromatic rings. The molecule has 5 nitrogen and oxygen atoms in total. The minimum Gasteiger partial charge on any atom is -0.450 e. The molecule has 0 spiro atoms. The molecule has 7 heteroatoms. The van der Waals surface area contributed by atoms with E-state index in [-0.39, 0.29) is 24.0 Å². The number of amides is 2.